The Morgan fingerprint density at radius 1 is 0.900 bits per heavy atom. The highest BCUT2D eigenvalue weighted by Crippen LogP contribution is 2.22. The largest absolute Gasteiger partial charge is 0.425 e. The number of carbonyl (C=O) groups is 1. The van der Waals surface area contributed by atoms with Crippen molar-refractivity contribution < 1.29 is 13.9 Å². The van der Waals surface area contributed by atoms with E-state index in [-0.39, 0.29) is 12.0 Å². The topological polar surface area (TPSA) is 87.2 Å². The van der Waals surface area contributed by atoms with E-state index in [1.54, 1.807) is 41.0 Å². The third kappa shape index (κ3) is 3.12. The molecule has 0 saturated heterocycles. The van der Waals surface area contributed by atoms with Crippen LogP contribution in [0.3, 0.4) is 0 Å². The lowest BCUT2D eigenvalue weighted by atomic mass is 10.1. The Hall–Kier alpha value is -4.26. The second-order valence-corrected chi connectivity index (χ2v) is 6.69. The molecule has 0 unspecified atom stereocenters. The van der Waals surface area contributed by atoms with Gasteiger partial charge in [-0.05, 0) is 48.5 Å². The molecule has 0 aliphatic rings. The monoisotopic (exact) mass is 397 g/mol. The van der Waals surface area contributed by atoms with Gasteiger partial charge in [-0.1, -0.05) is 24.3 Å². The molecule has 0 spiro atoms. The molecule has 0 amide bonds. The Kier molecular flexibility index (Phi) is 4.33. The summed E-state index contributed by atoms with van der Waals surface area (Å²) in [7, 11) is 0. The number of esters is 1. The maximum atomic E-state index is 12.8. The predicted octanol–water partition coefficient (Wildman–Crippen LogP) is 3.81. The molecule has 7 heteroatoms. The molecule has 0 radical (unpaired) electrons. The fourth-order valence-electron chi connectivity index (χ4n) is 3.50. The molecule has 2 aromatic heterocycles. The minimum absolute atomic E-state index is 0.0350. The zero-order valence-electron chi connectivity index (χ0n) is 15.7. The molecule has 2 heterocycles. The number of ether oxygens (including phenoxy) is 1. The van der Waals surface area contributed by atoms with Crippen molar-refractivity contribution in [3.8, 4) is 17.2 Å². The van der Waals surface area contributed by atoms with Gasteiger partial charge in [-0.15, -0.1) is 10.2 Å². The Morgan fingerprint density at radius 3 is 2.13 bits per heavy atom. The van der Waals surface area contributed by atoms with Crippen LogP contribution in [0.25, 0.3) is 33.3 Å². The number of carbonyl (C=O) groups excluding carboxylic acids is 1. The van der Waals surface area contributed by atoms with Gasteiger partial charge in [0.1, 0.15) is 12.3 Å². The summed E-state index contributed by atoms with van der Waals surface area (Å²) < 4.78 is 12.5. The van der Waals surface area contributed by atoms with Gasteiger partial charge in [0, 0.05) is 16.3 Å². The second-order valence-electron chi connectivity index (χ2n) is 6.69. The molecule has 3 aromatic carbocycles. The normalized spacial score (nSPS) is 11.1. The third-order valence-corrected chi connectivity index (χ3v) is 4.86. The lowest BCUT2D eigenvalue weighted by molar-refractivity contribution is -0.134. The molecule has 0 aliphatic heterocycles. The molecule has 0 saturated carbocycles. The van der Waals surface area contributed by atoms with Crippen molar-refractivity contribution >= 4 is 27.8 Å². The smallest absolute Gasteiger partial charge is 0.331 e. The quantitative estimate of drug-likeness (QED) is 0.260. The number of nitrogens with zero attached hydrogens (tertiary/aromatic N) is 3. The molecule has 30 heavy (non-hydrogen) atoms. The van der Waals surface area contributed by atoms with Crippen molar-refractivity contribution in [2.75, 3.05) is 0 Å². The SMILES string of the molecule is O=C(Cn1c2ccccc2c(=O)c2ccccc21)Oc1ccc(-c2nnco2)cc1. The van der Waals surface area contributed by atoms with E-state index in [2.05, 4.69) is 10.2 Å². The summed E-state index contributed by atoms with van der Waals surface area (Å²) in [5.41, 5.74) is 2.04. The predicted molar refractivity (Wildman–Crippen MR) is 111 cm³/mol. The van der Waals surface area contributed by atoms with Crippen LogP contribution in [-0.4, -0.2) is 20.7 Å². The van der Waals surface area contributed by atoms with Crippen LogP contribution >= 0.6 is 0 Å². The minimum atomic E-state index is -0.445. The Labute approximate surface area is 170 Å². The first-order valence-electron chi connectivity index (χ1n) is 9.28. The van der Waals surface area contributed by atoms with E-state index in [9.17, 15) is 9.59 Å². The average molecular weight is 397 g/mol. The summed E-state index contributed by atoms with van der Waals surface area (Å²) in [6.45, 7) is -0.0350. The van der Waals surface area contributed by atoms with E-state index in [1.807, 2.05) is 36.4 Å². The van der Waals surface area contributed by atoms with Gasteiger partial charge in [-0.2, -0.15) is 0 Å². The summed E-state index contributed by atoms with van der Waals surface area (Å²) in [5, 5.41) is 8.62. The van der Waals surface area contributed by atoms with Gasteiger partial charge in [-0.3, -0.25) is 4.79 Å². The standard InChI is InChI=1S/C23H15N3O4/c27-21(30-16-11-9-15(10-12-16)23-25-24-14-29-23)13-26-19-7-3-1-5-17(19)22(28)18-6-2-4-8-20(18)26/h1-12,14H,13H2. The summed E-state index contributed by atoms with van der Waals surface area (Å²) in [6.07, 6.45) is 1.25. The van der Waals surface area contributed by atoms with E-state index in [0.29, 0.717) is 33.4 Å². The Balaban J connectivity index is 1.47. The van der Waals surface area contributed by atoms with Gasteiger partial charge in [0.2, 0.25) is 12.3 Å². The number of hydrogen-bond donors (Lipinski definition) is 0. The zero-order chi connectivity index (χ0) is 20.5. The van der Waals surface area contributed by atoms with E-state index in [4.69, 9.17) is 9.15 Å². The lowest BCUT2D eigenvalue weighted by Gasteiger charge is -2.14. The number of pyridine rings is 1. The van der Waals surface area contributed by atoms with E-state index < -0.39 is 5.97 Å². The molecule has 0 fully saturated rings. The highest BCUT2D eigenvalue weighted by Gasteiger charge is 2.14. The van der Waals surface area contributed by atoms with Crippen LogP contribution < -0.4 is 10.2 Å². The number of rotatable bonds is 4. The third-order valence-electron chi connectivity index (χ3n) is 4.86. The number of benzene rings is 3. The van der Waals surface area contributed by atoms with Crippen LogP contribution in [0.1, 0.15) is 0 Å². The van der Waals surface area contributed by atoms with Gasteiger partial charge in [-0.25, -0.2) is 4.79 Å². The average Bonchev–Trinajstić information content (AvgIpc) is 3.32. The van der Waals surface area contributed by atoms with E-state index >= 15 is 0 Å². The number of para-hydroxylation sites is 2. The first kappa shape index (κ1) is 17.8. The van der Waals surface area contributed by atoms with Crippen LogP contribution in [0, 0.1) is 0 Å². The number of hydrogen-bond acceptors (Lipinski definition) is 6. The summed E-state index contributed by atoms with van der Waals surface area (Å²) in [4.78, 5) is 25.5. The zero-order valence-corrected chi connectivity index (χ0v) is 15.7. The summed E-state index contributed by atoms with van der Waals surface area (Å²) in [6, 6.07) is 21.3. The molecule has 146 valence electrons. The van der Waals surface area contributed by atoms with Gasteiger partial charge in [0.25, 0.3) is 0 Å². The first-order valence-corrected chi connectivity index (χ1v) is 9.28. The molecule has 7 nitrogen and oxygen atoms in total. The molecule has 5 aromatic rings. The fraction of sp³-hybridized carbons (Fsp3) is 0.0435. The van der Waals surface area contributed by atoms with Crippen molar-refractivity contribution in [3.63, 3.8) is 0 Å². The van der Waals surface area contributed by atoms with Gasteiger partial charge in [0.05, 0.1) is 11.0 Å². The molecular weight excluding hydrogens is 382 g/mol. The van der Waals surface area contributed by atoms with Gasteiger partial charge >= 0.3 is 5.97 Å². The van der Waals surface area contributed by atoms with Crippen LogP contribution in [0.4, 0.5) is 0 Å². The Bertz CT molecular complexity index is 1360. The molecule has 0 atom stereocenters. The van der Waals surface area contributed by atoms with Crippen LogP contribution in [0.5, 0.6) is 5.75 Å². The molecule has 0 bridgehead atoms. The van der Waals surface area contributed by atoms with Crippen LogP contribution in [-0.2, 0) is 11.3 Å². The number of fused-ring (bicyclic) bond motifs is 2. The van der Waals surface area contributed by atoms with Crippen LogP contribution in [0.15, 0.2) is 88.4 Å². The van der Waals surface area contributed by atoms with Crippen molar-refractivity contribution in [1.29, 1.82) is 0 Å². The highest BCUT2D eigenvalue weighted by atomic mass is 16.5. The lowest BCUT2D eigenvalue weighted by Crippen LogP contribution is -2.19. The maximum Gasteiger partial charge on any atom is 0.331 e. The van der Waals surface area contributed by atoms with E-state index in [1.165, 1.54) is 6.39 Å². The summed E-state index contributed by atoms with van der Waals surface area (Å²) >= 11 is 0. The van der Waals surface area contributed by atoms with Gasteiger partial charge in [0.15, 0.2) is 5.43 Å². The first-order chi connectivity index (χ1) is 14.7. The highest BCUT2D eigenvalue weighted by molar-refractivity contribution is 5.94. The molecule has 0 aliphatic carbocycles. The van der Waals surface area contributed by atoms with Crippen molar-refractivity contribution in [3.05, 3.63) is 89.4 Å². The van der Waals surface area contributed by atoms with Gasteiger partial charge < -0.3 is 13.7 Å². The van der Waals surface area contributed by atoms with Crippen LogP contribution in [0.2, 0.25) is 0 Å². The summed E-state index contributed by atoms with van der Waals surface area (Å²) in [5.74, 6) is 0.344. The molecule has 0 N–H and O–H groups in total. The van der Waals surface area contributed by atoms with Crippen molar-refractivity contribution in [2.24, 2.45) is 0 Å². The van der Waals surface area contributed by atoms with Crippen molar-refractivity contribution in [2.45, 2.75) is 6.54 Å². The van der Waals surface area contributed by atoms with Crippen molar-refractivity contribution in [1.82, 2.24) is 14.8 Å². The second kappa shape index (κ2) is 7.29. The number of aromatic nitrogens is 3. The van der Waals surface area contributed by atoms with E-state index in [0.717, 1.165) is 5.56 Å². The maximum absolute atomic E-state index is 12.8. The molecule has 5 rings (SSSR count). The minimum Gasteiger partial charge on any atom is -0.425 e. The fourth-order valence-corrected chi connectivity index (χ4v) is 3.50. The Morgan fingerprint density at radius 2 is 1.53 bits per heavy atom. The molecular formula is C23H15N3O4.